The van der Waals surface area contributed by atoms with Gasteiger partial charge in [-0.3, -0.25) is 0 Å². The third-order valence-electron chi connectivity index (χ3n) is 7.53. The third kappa shape index (κ3) is 9.03. The molecule has 10 nitrogen and oxygen atoms in total. The van der Waals surface area contributed by atoms with Gasteiger partial charge >= 0.3 is 5.97 Å². The van der Waals surface area contributed by atoms with E-state index in [1.807, 2.05) is 55.3 Å². The summed E-state index contributed by atoms with van der Waals surface area (Å²) in [5.74, 6) is 2.47. The number of nitrogens with zero attached hydrogens (tertiary/aromatic N) is 5. The van der Waals surface area contributed by atoms with Gasteiger partial charge in [0.25, 0.3) is 0 Å². The van der Waals surface area contributed by atoms with E-state index in [0.29, 0.717) is 52.6 Å². The minimum absolute atomic E-state index is 0.0143. The number of fused-ring (bicyclic) bond motifs is 1. The minimum Gasteiger partial charge on any atom is -0.491 e. The van der Waals surface area contributed by atoms with Crippen LogP contribution in [0.5, 0.6) is 5.75 Å². The highest BCUT2D eigenvalue weighted by Crippen LogP contribution is 2.34. The number of rotatable bonds is 18. The van der Waals surface area contributed by atoms with Crippen LogP contribution in [0.2, 0.25) is 0 Å². The number of para-hydroxylation sites is 1. The second kappa shape index (κ2) is 17.0. The molecule has 0 aliphatic heterocycles. The first-order chi connectivity index (χ1) is 23.4. The second-order valence-electron chi connectivity index (χ2n) is 11.2. The van der Waals surface area contributed by atoms with Crippen molar-refractivity contribution in [3.05, 3.63) is 76.0 Å². The molecule has 5 rings (SSSR count). The number of carboxylic acids is 1. The fourth-order valence-electron chi connectivity index (χ4n) is 5.05. The number of terminal acetylenes is 1. The van der Waals surface area contributed by atoms with Crippen molar-refractivity contribution < 1.29 is 19.0 Å². The summed E-state index contributed by atoms with van der Waals surface area (Å²) < 4.78 is 21.4. The van der Waals surface area contributed by atoms with Crippen LogP contribution in [0, 0.1) is 25.1 Å². The maximum Gasteiger partial charge on any atom is 0.355 e. The first kappa shape index (κ1) is 34.7. The zero-order valence-electron chi connectivity index (χ0n) is 27.0. The first-order valence-electron chi connectivity index (χ1n) is 15.8. The van der Waals surface area contributed by atoms with Crippen LogP contribution in [0.25, 0.3) is 10.2 Å². The van der Waals surface area contributed by atoms with Crippen molar-refractivity contribution >= 4 is 60.8 Å². The maximum absolute atomic E-state index is 14.6. The Morgan fingerprint density at radius 2 is 1.92 bits per heavy atom. The highest BCUT2D eigenvalue weighted by atomic mass is 32.1. The van der Waals surface area contributed by atoms with Gasteiger partial charge in [0.15, 0.2) is 39.2 Å². The lowest BCUT2D eigenvalue weighted by molar-refractivity contribution is 0.0690. The number of aryl methyl sites for hydroxylation is 3. The lowest BCUT2D eigenvalue weighted by atomic mass is 10.1. The molecule has 3 heterocycles. The Hall–Kier alpha value is -4.64. The molecular weight excluding hydrogens is 650 g/mol. The zero-order chi connectivity index (χ0) is 33.9. The number of halogens is 1. The molecule has 5 aromatic rings. The van der Waals surface area contributed by atoms with E-state index in [4.69, 9.17) is 11.2 Å². The topological polar surface area (TPSA) is 125 Å². The molecule has 13 heteroatoms. The zero-order valence-corrected chi connectivity index (χ0v) is 28.6. The molecule has 3 N–H and O–H groups in total. The number of unbranched alkanes of at least 4 members (excludes halogenated alkanes) is 2. The molecule has 0 spiro atoms. The van der Waals surface area contributed by atoms with Crippen LogP contribution >= 0.6 is 22.7 Å². The molecule has 0 aliphatic carbocycles. The van der Waals surface area contributed by atoms with E-state index < -0.39 is 11.8 Å². The molecule has 0 unspecified atom stereocenters. The number of carbonyl (C=O) groups is 1. The van der Waals surface area contributed by atoms with Crippen molar-refractivity contribution in [1.82, 2.24) is 25.5 Å². The lowest BCUT2D eigenvalue weighted by Gasteiger charge is -2.21. The summed E-state index contributed by atoms with van der Waals surface area (Å²) in [4.78, 5) is 23.9. The highest BCUT2D eigenvalue weighted by Gasteiger charge is 2.23. The van der Waals surface area contributed by atoms with Gasteiger partial charge in [-0.25, -0.2) is 19.2 Å². The van der Waals surface area contributed by atoms with E-state index >= 15 is 0 Å². The fraction of sp³-hybridized carbons (Fsp3) is 0.343. The Morgan fingerprint density at radius 1 is 1.06 bits per heavy atom. The molecule has 0 bridgehead atoms. The van der Waals surface area contributed by atoms with Crippen LogP contribution in [0.4, 0.5) is 26.3 Å². The van der Waals surface area contributed by atoms with Crippen LogP contribution in [0.15, 0.2) is 48.5 Å². The van der Waals surface area contributed by atoms with E-state index in [0.717, 1.165) is 53.6 Å². The Balaban J connectivity index is 1.29. The number of nitrogens with one attached hydrogen (secondary N) is 2. The summed E-state index contributed by atoms with van der Waals surface area (Å²) in [6, 6.07) is 14.8. The van der Waals surface area contributed by atoms with Gasteiger partial charge in [-0.15, -0.1) is 33.9 Å². The van der Waals surface area contributed by atoms with Crippen LogP contribution in [0.3, 0.4) is 0 Å². The van der Waals surface area contributed by atoms with Crippen molar-refractivity contribution in [2.24, 2.45) is 0 Å². The fourth-order valence-corrected chi connectivity index (χ4v) is 7.04. The lowest BCUT2D eigenvalue weighted by Crippen LogP contribution is -2.20. The number of anilines is 4. The number of thiazole rings is 2. The van der Waals surface area contributed by atoms with Gasteiger partial charge in [0.2, 0.25) is 0 Å². The SMILES string of the molecule is C#CCCCCN(c1cc(C)c(Nc2nc3ccccc3s2)nn1)c1nc(C(=O)O)c(CCCOc2ccc(CCCNC)cc2F)s1. The van der Waals surface area contributed by atoms with Crippen molar-refractivity contribution in [3.8, 4) is 18.1 Å². The highest BCUT2D eigenvalue weighted by molar-refractivity contribution is 7.22. The van der Waals surface area contributed by atoms with Gasteiger partial charge in [-0.05, 0) is 100 Å². The molecule has 250 valence electrons. The molecule has 0 radical (unpaired) electrons. The van der Waals surface area contributed by atoms with E-state index in [-0.39, 0.29) is 18.1 Å². The average Bonchev–Trinajstić information content (AvgIpc) is 3.69. The van der Waals surface area contributed by atoms with Crippen molar-refractivity contribution in [3.63, 3.8) is 0 Å². The van der Waals surface area contributed by atoms with Gasteiger partial charge in [0, 0.05) is 17.8 Å². The van der Waals surface area contributed by atoms with E-state index in [1.54, 1.807) is 6.07 Å². The van der Waals surface area contributed by atoms with E-state index in [2.05, 4.69) is 36.7 Å². The summed E-state index contributed by atoms with van der Waals surface area (Å²) in [7, 11) is 1.89. The Morgan fingerprint density at radius 3 is 2.67 bits per heavy atom. The molecule has 0 aliphatic rings. The maximum atomic E-state index is 14.6. The quantitative estimate of drug-likeness (QED) is 0.0629. The number of benzene rings is 2. The van der Waals surface area contributed by atoms with Gasteiger partial charge in [-0.2, -0.15) is 0 Å². The molecule has 0 saturated carbocycles. The Labute approximate surface area is 287 Å². The number of aromatic carboxylic acids is 1. The van der Waals surface area contributed by atoms with Crippen molar-refractivity contribution in [2.45, 2.75) is 51.9 Å². The van der Waals surface area contributed by atoms with Gasteiger partial charge in [-0.1, -0.05) is 29.5 Å². The molecule has 48 heavy (non-hydrogen) atoms. The summed E-state index contributed by atoms with van der Waals surface area (Å²) in [6.45, 7) is 3.55. The van der Waals surface area contributed by atoms with Gasteiger partial charge in [0.1, 0.15) is 0 Å². The van der Waals surface area contributed by atoms with E-state index in [1.165, 1.54) is 28.7 Å². The predicted molar refractivity (Wildman–Crippen MR) is 191 cm³/mol. The Kier molecular flexibility index (Phi) is 12.3. The van der Waals surface area contributed by atoms with Crippen LogP contribution in [-0.2, 0) is 12.8 Å². The van der Waals surface area contributed by atoms with Gasteiger partial charge < -0.3 is 25.4 Å². The number of ether oxygens (including phenoxy) is 1. The smallest absolute Gasteiger partial charge is 0.355 e. The molecule has 3 aromatic heterocycles. The van der Waals surface area contributed by atoms with Crippen LogP contribution < -0.4 is 20.3 Å². The first-order valence-corrected chi connectivity index (χ1v) is 17.5. The van der Waals surface area contributed by atoms with Gasteiger partial charge in [0.05, 0.1) is 16.8 Å². The van der Waals surface area contributed by atoms with Crippen molar-refractivity contribution in [1.29, 1.82) is 0 Å². The molecular formula is C35H38FN7O3S2. The monoisotopic (exact) mass is 687 g/mol. The molecule has 0 fully saturated rings. The van der Waals surface area contributed by atoms with Crippen LogP contribution in [0.1, 0.15) is 58.6 Å². The number of hydrogen-bond acceptors (Lipinski definition) is 11. The molecule has 0 atom stereocenters. The van der Waals surface area contributed by atoms with Crippen LogP contribution in [-0.4, -0.2) is 58.0 Å². The summed E-state index contributed by atoms with van der Waals surface area (Å²) in [6.07, 6.45) is 10.2. The summed E-state index contributed by atoms with van der Waals surface area (Å²) in [5, 5.41) is 26.6. The third-order valence-corrected chi connectivity index (χ3v) is 9.62. The molecule has 2 aromatic carbocycles. The molecule has 0 amide bonds. The Bertz CT molecular complexity index is 1850. The summed E-state index contributed by atoms with van der Waals surface area (Å²) in [5.41, 5.74) is 2.65. The average molecular weight is 688 g/mol. The van der Waals surface area contributed by atoms with E-state index in [9.17, 15) is 14.3 Å². The standard InChI is InChI=1S/C35H38FN7O3S2/c1-4-5-6-9-19-43(30-21-23(2)32(42-41-30)40-34-38-26-13-7-8-14-28(26)47-34)35-39-31(33(44)45)29(48-35)15-11-20-46-27-17-16-24(22-25(27)36)12-10-18-37-3/h1,7-8,13-14,16-17,21-22,37H,5-6,9-12,15,18-20H2,2-3H3,(H,44,45)(H,38,40,42). The normalized spacial score (nSPS) is 11.0. The number of hydrogen-bond donors (Lipinski definition) is 3. The number of aromatic nitrogens is 4. The molecule has 0 saturated heterocycles. The largest absolute Gasteiger partial charge is 0.491 e. The predicted octanol–water partition coefficient (Wildman–Crippen LogP) is 7.54. The number of carboxylic acid groups (broad SMARTS) is 1. The minimum atomic E-state index is -1.11. The summed E-state index contributed by atoms with van der Waals surface area (Å²) >= 11 is 2.83. The van der Waals surface area contributed by atoms with Crippen molar-refractivity contribution in [2.75, 3.05) is 37.0 Å². The second-order valence-corrected chi connectivity index (χ2v) is 13.2.